The molecule has 0 aliphatic heterocycles. The van der Waals surface area contributed by atoms with E-state index in [1.165, 1.54) is 0 Å². The van der Waals surface area contributed by atoms with Crippen LogP contribution in [0.15, 0.2) is 60.7 Å². The highest BCUT2D eigenvalue weighted by atomic mass is 16.6. The first-order chi connectivity index (χ1) is 12.1. The molecule has 0 spiro atoms. The predicted molar refractivity (Wildman–Crippen MR) is 90.4 cm³/mol. The Labute approximate surface area is 145 Å². The van der Waals surface area contributed by atoms with E-state index in [0.717, 1.165) is 11.1 Å². The van der Waals surface area contributed by atoms with Crippen LogP contribution in [0.4, 0.5) is 4.79 Å². The Balaban J connectivity index is 1.70. The van der Waals surface area contributed by atoms with E-state index in [0.29, 0.717) is 0 Å². The Morgan fingerprint density at radius 1 is 0.920 bits per heavy atom. The number of hydrogen-bond acceptors (Lipinski definition) is 5. The normalized spacial score (nSPS) is 11.5. The standard InChI is InChI=1S/C18H20N2O5/c21-17(22)16(11-19-25-13-15-9-5-2-6-10-15)20-18(23)24-12-14-7-3-1-4-8-14/h1-10,16,19H,11-13H2,(H,20,23)(H,21,22)/t16-/m0/s1. The van der Waals surface area contributed by atoms with Gasteiger partial charge in [-0.2, -0.15) is 5.48 Å². The van der Waals surface area contributed by atoms with Crippen LogP contribution in [0.5, 0.6) is 0 Å². The van der Waals surface area contributed by atoms with Gasteiger partial charge in [0.2, 0.25) is 0 Å². The van der Waals surface area contributed by atoms with Gasteiger partial charge in [0.05, 0.1) is 13.2 Å². The average Bonchev–Trinajstić information content (AvgIpc) is 2.64. The Hall–Kier alpha value is -2.90. The molecule has 0 radical (unpaired) electrons. The van der Waals surface area contributed by atoms with Gasteiger partial charge in [-0.3, -0.25) is 4.84 Å². The number of rotatable bonds is 9. The van der Waals surface area contributed by atoms with Crippen molar-refractivity contribution in [3.63, 3.8) is 0 Å². The van der Waals surface area contributed by atoms with Crippen LogP contribution in [-0.4, -0.2) is 29.8 Å². The average molecular weight is 344 g/mol. The Morgan fingerprint density at radius 2 is 1.48 bits per heavy atom. The Kier molecular flexibility index (Phi) is 7.42. The Morgan fingerprint density at radius 3 is 2.04 bits per heavy atom. The second-order valence-electron chi connectivity index (χ2n) is 5.22. The second kappa shape index (κ2) is 10.1. The first-order valence-corrected chi connectivity index (χ1v) is 7.74. The number of nitrogens with one attached hydrogen (secondary N) is 2. The fourth-order valence-corrected chi connectivity index (χ4v) is 1.96. The van der Waals surface area contributed by atoms with E-state index in [-0.39, 0.29) is 19.8 Å². The highest BCUT2D eigenvalue weighted by Crippen LogP contribution is 2.01. The smallest absolute Gasteiger partial charge is 0.408 e. The number of alkyl carbamates (subject to hydrolysis) is 1. The van der Waals surface area contributed by atoms with Crippen molar-refractivity contribution in [1.29, 1.82) is 0 Å². The van der Waals surface area contributed by atoms with Crippen LogP contribution in [0, 0.1) is 0 Å². The highest BCUT2D eigenvalue weighted by Gasteiger charge is 2.20. The molecule has 0 saturated heterocycles. The molecule has 7 nitrogen and oxygen atoms in total. The lowest BCUT2D eigenvalue weighted by Crippen LogP contribution is -2.47. The van der Waals surface area contributed by atoms with Crippen molar-refractivity contribution in [3.05, 3.63) is 71.8 Å². The third kappa shape index (κ3) is 7.03. The van der Waals surface area contributed by atoms with E-state index >= 15 is 0 Å². The molecular weight excluding hydrogens is 324 g/mol. The van der Waals surface area contributed by atoms with Crippen LogP contribution in [0.25, 0.3) is 0 Å². The van der Waals surface area contributed by atoms with Gasteiger partial charge in [-0.25, -0.2) is 9.59 Å². The summed E-state index contributed by atoms with van der Waals surface area (Å²) in [5, 5.41) is 11.4. The molecule has 3 N–H and O–H groups in total. The maximum Gasteiger partial charge on any atom is 0.408 e. The van der Waals surface area contributed by atoms with Crippen molar-refractivity contribution < 1.29 is 24.3 Å². The lowest BCUT2D eigenvalue weighted by molar-refractivity contribution is -0.140. The SMILES string of the molecule is O=C(N[C@@H](CNOCc1ccccc1)C(=O)O)OCc1ccccc1. The van der Waals surface area contributed by atoms with Gasteiger partial charge in [0.25, 0.3) is 0 Å². The molecule has 7 heteroatoms. The molecule has 0 fully saturated rings. The number of hydroxylamine groups is 1. The van der Waals surface area contributed by atoms with Crippen molar-refractivity contribution in [1.82, 2.24) is 10.8 Å². The van der Waals surface area contributed by atoms with Gasteiger partial charge in [0.1, 0.15) is 12.6 Å². The molecule has 2 aromatic carbocycles. The quantitative estimate of drug-likeness (QED) is 0.476. The van der Waals surface area contributed by atoms with Crippen LogP contribution in [0.3, 0.4) is 0 Å². The molecule has 0 aromatic heterocycles. The molecule has 0 bridgehead atoms. The van der Waals surface area contributed by atoms with Gasteiger partial charge < -0.3 is 15.2 Å². The van der Waals surface area contributed by atoms with E-state index in [2.05, 4.69) is 10.8 Å². The number of hydrogen-bond donors (Lipinski definition) is 3. The zero-order chi connectivity index (χ0) is 17.9. The van der Waals surface area contributed by atoms with Gasteiger partial charge in [-0.05, 0) is 11.1 Å². The number of aliphatic carboxylic acids is 1. The van der Waals surface area contributed by atoms with Crippen molar-refractivity contribution in [2.45, 2.75) is 19.3 Å². The van der Waals surface area contributed by atoms with Crippen LogP contribution in [0.2, 0.25) is 0 Å². The summed E-state index contributed by atoms with van der Waals surface area (Å²) in [5.74, 6) is -1.19. The summed E-state index contributed by atoms with van der Waals surface area (Å²) in [7, 11) is 0. The lowest BCUT2D eigenvalue weighted by Gasteiger charge is -2.15. The molecule has 25 heavy (non-hydrogen) atoms. The zero-order valence-corrected chi connectivity index (χ0v) is 13.6. The number of carboxylic acids is 1. The predicted octanol–water partition coefficient (Wildman–Crippen LogP) is 2.09. The van der Waals surface area contributed by atoms with Crippen LogP contribution in [-0.2, 0) is 27.6 Å². The van der Waals surface area contributed by atoms with Gasteiger partial charge in [0, 0.05) is 0 Å². The first kappa shape index (κ1) is 18.4. The van der Waals surface area contributed by atoms with E-state index in [4.69, 9.17) is 14.7 Å². The second-order valence-corrected chi connectivity index (χ2v) is 5.22. The fourth-order valence-electron chi connectivity index (χ4n) is 1.96. The van der Waals surface area contributed by atoms with E-state index in [1.807, 2.05) is 48.5 Å². The summed E-state index contributed by atoms with van der Waals surface area (Å²) in [6.07, 6.45) is -0.805. The molecule has 1 amide bonds. The van der Waals surface area contributed by atoms with Crippen molar-refractivity contribution >= 4 is 12.1 Å². The number of amides is 1. The molecule has 2 rings (SSSR count). The number of benzene rings is 2. The minimum atomic E-state index is -1.19. The molecule has 0 aliphatic carbocycles. The van der Waals surface area contributed by atoms with Gasteiger partial charge in [-0.1, -0.05) is 60.7 Å². The van der Waals surface area contributed by atoms with Gasteiger partial charge >= 0.3 is 12.1 Å². The van der Waals surface area contributed by atoms with Gasteiger partial charge in [0.15, 0.2) is 0 Å². The number of carbonyl (C=O) groups is 2. The molecule has 0 heterocycles. The van der Waals surface area contributed by atoms with Crippen LogP contribution >= 0.6 is 0 Å². The fraction of sp³-hybridized carbons (Fsp3) is 0.222. The molecule has 1 atom stereocenters. The topological polar surface area (TPSA) is 96.9 Å². The maximum absolute atomic E-state index is 11.7. The lowest BCUT2D eigenvalue weighted by atomic mass is 10.2. The molecule has 2 aromatic rings. The number of ether oxygens (including phenoxy) is 1. The summed E-state index contributed by atoms with van der Waals surface area (Å²) in [6, 6.07) is 17.4. The monoisotopic (exact) mass is 344 g/mol. The number of carboxylic acid groups (broad SMARTS) is 1. The zero-order valence-electron chi connectivity index (χ0n) is 13.6. The molecular formula is C18H20N2O5. The van der Waals surface area contributed by atoms with Crippen LogP contribution in [0.1, 0.15) is 11.1 Å². The number of carbonyl (C=O) groups excluding carboxylic acids is 1. The maximum atomic E-state index is 11.7. The highest BCUT2D eigenvalue weighted by molar-refractivity contribution is 5.80. The third-order valence-electron chi connectivity index (χ3n) is 3.27. The van der Waals surface area contributed by atoms with Crippen molar-refractivity contribution in [2.24, 2.45) is 0 Å². The van der Waals surface area contributed by atoms with Crippen molar-refractivity contribution in [3.8, 4) is 0 Å². The third-order valence-corrected chi connectivity index (χ3v) is 3.27. The molecule has 0 saturated carbocycles. The van der Waals surface area contributed by atoms with Crippen LogP contribution < -0.4 is 10.8 Å². The van der Waals surface area contributed by atoms with E-state index in [1.54, 1.807) is 12.1 Å². The van der Waals surface area contributed by atoms with Gasteiger partial charge in [-0.15, -0.1) is 0 Å². The summed E-state index contributed by atoms with van der Waals surface area (Å²) in [6.45, 7) is 0.255. The molecule has 132 valence electrons. The van der Waals surface area contributed by atoms with Crippen molar-refractivity contribution in [2.75, 3.05) is 6.54 Å². The van der Waals surface area contributed by atoms with E-state index in [9.17, 15) is 9.59 Å². The molecule has 0 unspecified atom stereocenters. The van der Waals surface area contributed by atoms with E-state index < -0.39 is 18.1 Å². The minimum absolute atomic E-state index is 0.0664. The molecule has 0 aliphatic rings. The minimum Gasteiger partial charge on any atom is -0.480 e. The summed E-state index contributed by atoms with van der Waals surface area (Å²) >= 11 is 0. The summed E-state index contributed by atoms with van der Waals surface area (Å²) < 4.78 is 5.00. The Bertz CT molecular complexity index is 664. The first-order valence-electron chi connectivity index (χ1n) is 7.74. The summed E-state index contributed by atoms with van der Waals surface area (Å²) in [4.78, 5) is 28.1. The largest absolute Gasteiger partial charge is 0.480 e. The summed E-state index contributed by atoms with van der Waals surface area (Å²) in [5.41, 5.74) is 4.30.